The number of benzene rings is 1. The Bertz CT molecular complexity index is 1170. The molecule has 2 fully saturated rings. The molecule has 4 aliphatic heterocycles. The van der Waals surface area contributed by atoms with Gasteiger partial charge in [-0.15, -0.1) is 0 Å². The highest BCUT2D eigenvalue weighted by atomic mass is 16.5. The van der Waals surface area contributed by atoms with E-state index < -0.39 is 29.1 Å². The smallest absolute Gasteiger partial charge is 0.249 e. The molecule has 41 heavy (non-hydrogen) atoms. The van der Waals surface area contributed by atoms with Gasteiger partial charge in [-0.05, 0) is 37.8 Å². The van der Waals surface area contributed by atoms with Crippen molar-refractivity contribution in [3.05, 3.63) is 54.6 Å². The van der Waals surface area contributed by atoms with Gasteiger partial charge in [0.15, 0.2) is 0 Å². The number of carbonyl (C=O) groups excluding carboxylic acids is 3. The number of amides is 3. The van der Waals surface area contributed by atoms with Crippen molar-refractivity contribution in [3.8, 4) is 0 Å². The normalized spacial score (nSPS) is 30.9. The number of rotatable bonds is 12. The van der Waals surface area contributed by atoms with Crippen molar-refractivity contribution in [3.63, 3.8) is 0 Å². The highest BCUT2D eigenvalue weighted by Crippen LogP contribution is 2.58. The lowest BCUT2D eigenvalue weighted by atomic mass is 9.73. The Balaban J connectivity index is 1.55. The van der Waals surface area contributed by atoms with Gasteiger partial charge in [-0.3, -0.25) is 14.4 Å². The van der Waals surface area contributed by atoms with Crippen molar-refractivity contribution in [1.29, 1.82) is 0 Å². The van der Waals surface area contributed by atoms with E-state index in [-0.39, 0.29) is 24.3 Å². The fourth-order valence-electron chi connectivity index (χ4n) is 7.39. The van der Waals surface area contributed by atoms with Gasteiger partial charge in [0, 0.05) is 38.5 Å². The summed E-state index contributed by atoms with van der Waals surface area (Å²) >= 11 is 0. The number of fused-ring (bicyclic) bond motifs is 2. The lowest BCUT2D eigenvalue weighted by molar-refractivity contribution is -0.152. The fourth-order valence-corrected chi connectivity index (χ4v) is 7.39. The van der Waals surface area contributed by atoms with Crippen LogP contribution in [-0.2, 0) is 19.1 Å². The average Bonchev–Trinajstić information content (AvgIpc) is 3.27. The van der Waals surface area contributed by atoms with Gasteiger partial charge in [-0.25, -0.2) is 0 Å². The van der Waals surface area contributed by atoms with Crippen molar-refractivity contribution >= 4 is 23.4 Å². The monoisotopic (exact) mass is 563 g/mol. The van der Waals surface area contributed by atoms with E-state index in [0.29, 0.717) is 32.6 Å². The third-order valence-corrected chi connectivity index (χ3v) is 9.43. The molecule has 1 aromatic carbocycles. The number of unbranched alkanes of at least 4 members (excludes halogenated alkanes) is 5. The topological polar surface area (TPSA) is 90.4 Å². The molecule has 1 unspecified atom stereocenters. The summed E-state index contributed by atoms with van der Waals surface area (Å²) < 4.78 is 7.06. The zero-order valence-electron chi connectivity index (χ0n) is 24.5. The minimum atomic E-state index is -1.21. The summed E-state index contributed by atoms with van der Waals surface area (Å²) in [6, 6.07) is 8.76. The lowest BCUT2D eigenvalue weighted by Crippen LogP contribution is -2.56. The number of carbonyl (C=O) groups is 3. The number of hydrogen-bond acceptors (Lipinski definition) is 5. The number of nitrogens with zero attached hydrogens (tertiary/aromatic N) is 3. The van der Waals surface area contributed by atoms with Crippen LogP contribution in [0, 0.1) is 11.8 Å². The molecule has 8 heteroatoms. The number of para-hydroxylation sites is 1. The van der Waals surface area contributed by atoms with Gasteiger partial charge < -0.3 is 24.5 Å². The Morgan fingerprint density at radius 2 is 1.56 bits per heavy atom. The maximum atomic E-state index is 14.5. The van der Waals surface area contributed by atoms with E-state index in [0.717, 1.165) is 50.6 Å². The van der Waals surface area contributed by atoms with E-state index in [9.17, 15) is 19.5 Å². The number of aliphatic hydroxyl groups excluding tert-OH is 1. The molecule has 5 atom stereocenters. The molecule has 1 spiro atoms. The number of ether oxygens (including phenoxy) is 1. The molecule has 222 valence electrons. The van der Waals surface area contributed by atoms with Crippen molar-refractivity contribution in [2.24, 2.45) is 11.8 Å². The second-order valence-corrected chi connectivity index (χ2v) is 11.9. The SMILES string of the molecule is CCCCCN1CC=C[C@]23O[C@]4(CC)C=CCN(c5ccccc5)C(=O)[C@@H]4[C@H]2C(=O)N(CCCCCCO)C3C1=O. The molecule has 0 saturated carbocycles. The zero-order chi connectivity index (χ0) is 29.0. The fraction of sp³-hybridized carbons (Fsp3) is 0.606. The van der Waals surface area contributed by atoms with Crippen LogP contribution in [0.15, 0.2) is 54.6 Å². The van der Waals surface area contributed by atoms with Crippen molar-refractivity contribution in [2.45, 2.75) is 82.5 Å². The van der Waals surface area contributed by atoms with Gasteiger partial charge >= 0.3 is 0 Å². The predicted molar refractivity (Wildman–Crippen MR) is 158 cm³/mol. The quantitative estimate of drug-likeness (QED) is 0.306. The Morgan fingerprint density at radius 3 is 2.29 bits per heavy atom. The number of hydrogen-bond donors (Lipinski definition) is 1. The minimum absolute atomic E-state index is 0.0867. The van der Waals surface area contributed by atoms with Crippen LogP contribution in [0.2, 0.25) is 0 Å². The molecule has 0 aliphatic carbocycles. The van der Waals surface area contributed by atoms with Crippen molar-refractivity contribution in [2.75, 3.05) is 37.7 Å². The first kappa shape index (κ1) is 29.5. The number of likely N-dealkylation sites (tertiary alicyclic amines) is 1. The standard InChI is InChI=1S/C33H45N3O5/c1-3-5-11-20-34-21-15-19-33-27(30(39)36(28(33)31(34)40)22-12-6-7-13-24-37)26-29(38)35(25-16-9-8-10-17-25)23-14-18-32(26,4-2)41-33/h8-10,14-19,26-28,37H,3-7,11-13,20-24H2,1-2H3/t26-,27-,28?,32+,33-/m0/s1. The van der Waals surface area contributed by atoms with Crippen LogP contribution in [-0.4, -0.2) is 82.7 Å². The average molecular weight is 564 g/mol. The predicted octanol–water partition coefficient (Wildman–Crippen LogP) is 4.09. The van der Waals surface area contributed by atoms with E-state index >= 15 is 0 Å². The van der Waals surface area contributed by atoms with Crippen LogP contribution in [0.3, 0.4) is 0 Å². The van der Waals surface area contributed by atoms with Crippen LogP contribution in [0.25, 0.3) is 0 Å². The van der Waals surface area contributed by atoms with E-state index in [4.69, 9.17) is 4.74 Å². The summed E-state index contributed by atoms with van der Waals surface area (Å²) in [5.74, 6) is -1.92. The number of aliphatic hydroxyl groups is 1. The summed E-state index contributed by atoms with van der Waals surface area (Å²) in [5.41, 5.74) is -1.40. The van der Waals surface area contributed by atoms with E-state index in [1.165, 1.54) is 0 Å². The van der Waals surface area contributed by atoms with E-state index in [1.54, 1.807) is 9.80 Å². The molecule has 0 bridgehead atoms. The van der Waals surface area contributed by atoms with Gasteiger partial charge in [0.05, 0.1) is 17.4 Å². The molecule has 2 saturated heterocycles. The van der Waals surface area contributed by atoms with E-state index in [2.05, 4.69) is 6.92 Å². The van der Waals surface area contributed by atoms with Crippen LogP contribution in [0.4, 0.5) is 5.69 Å². The van der Waals surface area contributed by atoms with Gasteiger partial charge in [-0.1, -0.05) is 82.0 Å². The molecule has 1 N–H and O–H groups in total. The van der Waals surface area contributed by atoms with Crippen LogP contribution < -0.4 is 4.90 Å². The molecular weight excluding hydrogens is 518 g/mol. The molecule has 3 amide bonds. The molecule has 4 aliphatic rings. The second-order valence-electron chi connectivity index (χ2n) is 11.9. The summed E-state index contributed by atoms with van der Waals surface area (Å²) in [6.45, 7) is 6.22. The van der Waals surface area contributed by atoms with Crippen LogP contribution in [0.1, 0.15) is 65.2 Å². The first-order chi connectivity index (χ1) is 19.9. The third-order valence-electron chi connectivity index (χ3n) is 9.43. The molecule has 8 nitrogen and oxygen atoms in total. The van der Waals surface area contributed by atoms with Crippen molar-refractivity contribution in [1.82, 2.24) is 9.80 Å². The largest absolute Gasteiger partial charge is 0.396 e. The maximum absolute atomic E-state index is 14.5. The van der Waals surface area contributed by atoms with Crippen LogP contribution >= 0.6 is 0 Å². The lowest BCUT2D eigenvalue weighted by Gasteiger charge is -2.38. The zero-order valence-corrected chi connectivity index (χ0v) is 24.5. The van der Waals surface area contributed by atoms with Gasteiger partial charge in [-0.2, -0.15) is 0 Å². The maximum Gasteiger partial charge on any atom is 0.249 e. The van der Waals surface area contributed by atoms with Crippen LogP contribution in [0.5, 0.6) is 0 Å². The Labute approximate surface area is 244 Å². The second kappa shape index (κ2) is 12.5. The molecule has 4 heterocycles. The van der Waals surface area contributed by atoms with Crippen molar-refractivity contribution < 1.29 is 24.2 Å². The summed E-state index contributed by atoms with van der Waals surface area (Å²) in [6.07, 6.45) is 14.6. The Kier molecular flexibility index (Phi) is 9.00. The molecular formula is C33H45N3O5. The third kappa shape index (κ3) is 5.14. The highest BCUT2D eigenvalue weighted by molar-refractivity contribution is 6.04. The summed E-state index contributed by atoms with van der Waals surface area (Å²) in [4.78, 5) is 48.7. The van der Waals surface area contributed by atoms with E-state index in [1.807, 2.05) is 66.5 Å². The highest BCUT2D eigenvalue weighted by Gasteiger charge is 2.75. The number of anilines is 1. The Hall–Kier alpha value is -2.97. The first-order valence-electron chi connectivity index (χ1n) is 15.6. The summed E-state index contributed by atoms with van der Waals surface area (Å²) in [5, 5.41) is 9.19. The molecule has 1 aromatic rings. The molecule has 0 aromatic heterocycles. The first-order valence-corrected chi connectivity index (χ1v) is 15.6. The minimum Gasteiger partial charge on any atom is -0.396 e. The molecule has 5 rings (SSSR count). The van der Waals surface area contributed by atoms with Gasteiger partial charge in [0.1, 0.15) is 11.6 Å². The molecule has 0 radical (unpaired) electrons. The van der Waals surface area contributed by atoms with Gasteiger partial charge in [0.2, 0.25) is 17.7 Å². The Morgan fingerprint density at radius 1 is 0.829 bits per heavy atom. The summed E-state index contributed by atoms with van der Waals surface area (Å²) in [7, 11) is 0. The van der Waals surface area contributed by atoms with Gasteiger partial charge in [0.25, 0.3) is 0 Å².